The van der Waals surface area contributed by atoms with Crippen molar-refractivity contribution in [3.8, 4) is 11.4 Å². The minimum Gasteiger partial charge on any atom is -0.232 e. The van der Waals surface area contributed by atoms with Crippen LogP contribution < -0.4 is 0 Å². The van der Waals surface area contributed by atoms with Gasteiger partial charge in [-0.05, 0) is 45.4 Å². The Morgan fingerprint density at radius 2 is 2.13 bits per heavy atom. The zero-order valence-corrected chi connectivity index (χ0v) is 12.9. The second kappa shape index (κ2) is 4.65. The van der Waals surface area contributed by atoms with E-state index in [9.17, 15) is 0 Å². The van der Waals surface area contributed by atoms with Gasteiger partial charge in [-0.3, -0.25) is 0 Å². The van der Waals surface area contributed by atoms with E-state index < -0.39 is 0 Å². The van der Waals surface area contributed by atoms with Crippen LogP contribution in [0.25, 0.3) is 11.4 Å². The van der Waals surface area contributed by atoms with E-state index in [1.807, 2.05) is 17.7 Å². The molecule has 6 heteroatoms. The van der Waals surface area contributed by atoms with Crippen LogP contribution in [0.5, 0.6) is 0 Å². The first-order valence-electron chi connectivity index (χ1n) is 4.01. The summed E-state index contributed by atoms with van der Waals surface area (Å²) in [6.45, 7) is 1.93. The van der Waals surface area contributed by atoms with Gasteiger partial charge >= 0.3 is 0 Å². The molecule has 2 aromatic rings. The summed E-state index contributed by atoms with van der Waals surface area (Å²) < 4.78 is 1.91. The van der Waals surface area contributed by atoms with Crippen LogP contribution in [0.15, 0.2) is 15.2 Å². The molecule has 0 amide bonds. The molecule has 0 atom stereocenters. The molecule has 15 heavy (non-hydrogen) atoms. The van der Waals surface area contributed by atoms with Crippen LogP contribution >= 0.6 is 61.5 Å². The van der Waals surface area contributed by atoms with Crippen LogP contribution in [-0.2, 0) is 0 Å². The molecule has 78 valence electrons. The first-order chi connectivity index (χ1) is 7.09. The molecule has 0 saturated heterocycles. The maximum absolute atomic E-state index is 6.02. The van der Waals surface area contributed by atoms with Crippen molar-refractivity contribution >= 4 is 61.5 Å². The Hall–Kier alpha value is 0.280. The lowest BCUT2D eigenvalue weighted by Crippen LogP contribution is -1.95. The monoisotopic (exact) mass is 414 g/mol. The predicted octanol–water partition coefficient (Wildman–Crippen LogP) is 4.53. The van der Waals surface area contributed by atoms with Crippen LogP contribution in [0, 0.1) is 10.5 Å². The number of nitrogens with zero attached hydrogens (tertiary/aromatic N) is 2. The molecule has 0 aliphatic carbocycles. The van der Waals surface area contributed by atoms with E-state index in [-0.39, 0.29) is 0 Å². The van der Waals surface area contributed by atoms with Gasteiger partial charge in [0.25, 0.3) is 0 Å². The number of rotatable bonds is 1. The van der Waals surface area contributed by atoms with Gasteiger partial charge in [0.15, 0.2) is 5.82 Å². The fourth-order valence-corrected chi connectivity index (χ4v) is 2.99. The zero-order valence-electron chi connectivity index (χ0n) is 7.59. The Morgan fingerprint density at radius 3 is 2.67 bits per heavy atom. The van der Waals surface area contributed by atoms with Crippen molar-refractivity contribution in [3.05, 3.63) is 29.7 Å². The van der Waals surface area contributed by atoms with Crippen molar-refractivity contribution in [2.45, 2.75) is 6.92 Å². The van der Waals surface area contributed by atoms with Crippen molar-refractivity contribution in [2.75, 3.05) is 0 Å². The van der Waals surface area contributed by atoms with E-state index in [2.05, 4.69) is 48.5 Å². The molecule has 0 N–H and O–H groups in total. The molecule has 2 rings (SSSR count). The second-order valence-electron chi connectivity index (χ2n) is 2.87. The lowest BCUT2D eigenvalue weighted by Gasteiger charge is -2.03. The maximum atomic E-state index is 6.02. The minimum atomic E-state index is 0.510. The third-order valence-corrected chi connectivity index (χ3v) is 5.42. The van der Waals surface area contributed by atoms with E-state index in [4.69, 9.17) is 11.6 Å². The zero-order chi connectivity index (χ0) is 11.0. The molecule has 0 bridgehead atoms. The standard InChI is InChI=1S/C9H5BrClIN2S/c1-4-7(12)8(11)14-9(13-4)5-2-15-3-6(5)10/h2-3H,1H3. The van der Waals surface area contributed by atoms with Crippen LogP contribution in [0.3, 0.4) is 0 Å². The van der Waals surface area contributed by atoms with Crippen LogP contribution in [0.1, 0.15) is 5.69 Å². The van der Waals surface area contributed by atoms with Crippen LogP contribution in [-0.4, -0.2) is 9.97 Å². The summed E-state index contributed by atoms with van der Waals surface area (Å²) in [5.41, 5.74) is 1.89. The van der Waals surface area contributed by atoms with Crippen molar-refractivity contribution in [3.63, 3.8) is 0 Å². The summed E-state index contributed by atoms with van der Waals surface area (Å²) in [7, 11) is 0. The van der Waals surface area contributed by atoms with Crippen molar-refractivity contribution in [2.24, 2.45) is 0 Å². The summed E-state index contributed by atoms with van der Waals surface area (Å²) in [6.07, 6.45) is 0. The molecule has 0 saturated carbocycles. The average molecular weight is 415 g/mol. The molecule has 0 radical (unpaired) electrons. The van der Waals surface area contributed by atoms with Gasteiger partial charge < -0.3 is 0 Å². The van der Waals surface area contributed by atoms with Gasteiger partial charge in [-0.2, -0.15) is 11.3 Å². The van der Waals surface area contributed by atoms with Gasteiger partial charge in [0.1, 0.15) is 5.15 Å². The highest BCUT2D eigenvalue weighted by Crippen LogP contribution is 2.31. The van der Waals surface area contributed by atoms with Crippen molar-refractivity contribution in [1.29, 1.82) is 0 Å². The smallest absolute Gasteiger partial charge is 0.163 e. The predicted molar refractivity (Wildman–Crippen MR) is 75.5 cm³/mol. The second-order valence-corrected chi connectivity index (χ2v) is 5.91. The Morgan fingerprint density at radius 1 is 1.40 bits per heavy atom. The Bertz CT molecular complexity index is 492. The third-order valence-electron chi connectivity index (χ3n) is 1.83. The van der Waals surface area contributed by atoms with E-state index in [0.29, 0.717) is 11.0 Å². The van der Waals surface area contributed by atoms with E-state index in [1.54, 1.807) is 11.3 Å². The molecular formula is C9H5BrClIN2S. The van der Waals surface area contributed by atoms with Gasteiger partial charge in [-0.25, -0.2) is 9.97 Å². The number of aromatic nitrogens is 2. The highest BCUT2D eigenvalue weighted by Gasteiger charge is 2.11. The van der Waals surface area contributed by atoms with Crippen molar-refractivity contribution in [1.82, 2.24) is 9.97 Å². The first kappa shape index (κ1) is 11.8. The molecule has 0 unspecified atom stereocenters. The third kappa shape index (κ3) is 2.35. The number of halogens is 3. The minimum absolute atomic E-state index is 0.510. The lowest BCUT2D eigenvalue weighted by atomic mass is 10.3. The van der Waals surface area contributed by atoms with Crippen molar-refractivity contribution < 1.29 is 0 Å². The van der Waals surface area contributed by atoms with E-state index in [0.717, 1.165) is 19.3 Å². The van der Waals surface area contributed by atoms with Crippen LogP contribution in [0.4, 0.5) is 0 Å². The largest absolute Gasteiger partial charge is 0.232 e. The Labute approximate surface area is 118 Å². The number of aryl methyl sites for hydroxylation is 1. The molecule has 0 aliphatic rings. The summed E-state index contributed by atoms with van der Waals surface area (Å²) in [5, 5.41) is 4.51. The molecule has 0 aromatic carbocycles. The summed E-state index contributed by atoms with van der Waals surface area (Å²) in [4.78, 5) is 8.67. The fourth-order valence-electron chi connectivity index (χ4n) is 1.09. The Kier molecular flexibility index (Phi) is 3.64. The highest BCUT2D eigenvalue weighted by atomic mass is 127. The van der Waals surface area contributed by atoms with E-state index >= 15 is 0 Å². The average Bonchev–Trinajstić information content (AvgIpc) is 2.60. The molecule has 0 aliphatic heterocycles. The molecule has 2 aromatic heterocycles. The summed E-state index contributed by atoms with van der Waals surface area (Å²) in [6, 6.07) is 0. The topological polar surface area (TPSA) is 25.8 Å². The first-order valence-corrected chi connectivity index (χ1v) is 7.20. The van der Waals surface area contributed by atoms with Gasteiger partial charge in [-0.15, -0.1) is 0 Å². The number of hydrogen-bond acceptors (Lipinski definition) is 3. The molecule has 0 fully saturated rings. The Balaban J connectivity index is 2.60. The quantitative estimate of drug-likeness (QED) is 0.505. The molecule has 2 nitrogen and oxygen atoms in total. The summed E-state index contributed by atoms with van der Waals surface area (Å²) >= 11 is 13.2. The highest BCUT2D eigenvalue weighted by molar-refractivity contribution is 14.1. The normalized spacial score (nSPS) is 10.7. The van der Waals surface area contributed by atoms with Gasteiger partial charge in [0.05, 0.1) is 9.26 Å². The number of hydrogen-bond donors (Lipinski definition) is 0. The number of thiophene rings is 1. The maximum Gasteiger partial charge on any atom is 0.163 e. The molecule has 0 spiro atoms. The van der Waals surface area contributed by atoms with Gasteiger partial charge in [-0.1, -0.05) is 11.6 Å². The lowest BCUT2D eigenvalue weighted by molar-refractivity contribution is 1.09. The summed E-state index contributed by atoms with van der Waals surface area (Å²) in [5.74, 6) is 0.672. The fraction of sp³-hybridized carbons (Fsp3) is 0.111. The van der Waals surface area contributed by atoms with E-state index in [1.165, 1.54) is 0 Å². The van der Waals surface area contributed by atoms with Crippen LogP contribution in [0.2, 0.25) is 5.15 Å². The van der Waals surface area contributed by atoms with Gasteiger partial charge in [0.2, 0.25) is 0 Å². The molecule has 2 heterocycles. The SMILES string of the molecule is Cc1nc(-c2cscc2Br)nc(Cl)c1I. The molecular weight excluding hydrogens is 410 g/mol. The van der Waals surface area contributed by atoms with Gasteiger partial charge in [0, 0.05) is 20.8 Å².